The Bertz CT molecular complexity index is 3810. The zero-order valence-corrected chi connectivity index (χ0v) is 49.2. The van der Waals surface area contributed by atoms with E-state index in [0.29, 0.717) is 0 Å². The lowest BCUT2D eigenvalue weighted by molar-refractivity contribution is -0.462. The predicted molar refractivity (Wildman–Crippen MR) is 220 cm³/mol. The number of hydrogen-bond donors (Lipinski definition) is 0. The summed E-state index contributed by atoms with van der Waals surface area (Å²) in [4.78, 5) is 0. The Morgan fingerprint density at radius 1 is 0.114 bits per heavy atom. The Morgan fingerprint density at radius 2 is 0.228 bits per heavy atom. The molecule has 68 heteroatoms. The van der Waals surface area contributed by atoms with Crippen molar-refractivity contribution in [2.24, 2.45) is 0 Å². The molecule has 0 saturated heterocycles. The first-order chi connectivity index (χ1) is 48.4. The van der Waals surface area contributed by atoms with Crippen LogP contribution in [0.5, 0.6) is 0 Å². The van der Waals surface area contributed by atoms with Crippen LogP contribution in [0.3, 0.4) is 0 Å². The van der Waals surface area contributed by atoms with E-state index in [0.717, 1.165) is 0 Å². The van der Waals surface area contributed by atoms with Crippen LogP contribution in [0, 0.1) is 0 Å². The summed E-state index contributed by atoms with van der Waals surface area (Å²) in [5.41, 5.74) is -22.1. The Kier molecular flexibility index (Phi) is 22.7. The minimum absolute atomic E-state index is 2.82. The van der Waals surface area contributed by atoms with Gasteiger partial charge in [0.05, 0.1) is 0 Å². The van der Waals surface area contributed by atoms with Gasteiger partial charge in [0.2, 0.25) is 0 Å². The predicted octanol–water partition coefficient (Wildman–Crippen LogP) is 25.9. The first-order valence-electron chi connectivity index (χ1n) is 25.3. The van der Waals surface area contributed by atoms with Crippen LogP contribution >= 0.6 is 0 Å². The highest BCUT2D eigenvalue weighted by atomic mass is 19.5. The minimum Gasteiger partial charge on any atom is -0.194 e. The van der Waals surface area contributed by atoms with E-state index in [-0.39, 0.29) is 0 Å². The maximum Gasteiger partial charge on any atom is 0.460 e. The molecule has 0 spiro atoms. The van der Waals surface area contributed by atoms with E-state index in [4.69, 9.17) is 0 Å². The SMILES string of the molecule is FC(F)(F)C(F)(F)C(F)(F)C(F)(F)C(F)(F)C(F)(F)C(F)(F)C(F)(F)c1ccc2c(C(F)(F)C(F)(F)C(F)(F)C(F)(F)C(F)(F)C(F)(F)C(F)(F)C(F)(F)F)c3cc(C(F)(F)C(F)(F)C(F)(F)C(F)(F)C(F)(F)C(F)(F)C(F)(F)C(F)(F)F)ccc3c(C(F)(F)C(F)(F)C(F)(F)C(F)(F)C(F)(F)C(F)(F)C(F)(F)C(F)(F)F)c2c1. The lowest BCUT2D eigenvalue weighted by Crippen LogP contribution is -2.74. The van der Waals surface area contributed by atoms with E-state index in [2.05, 4.69) is 0 Å². The molecule has 3 rings (SSSR count). The molecule has 0 saturated carbocycles. The smallest absolute Gasteiger partial charge is 0.194 e. The first-order valence-corrected chi connectivity index (χ1v) is 25.3. The van der Waals surface area contributed by atoms with Crippen LogP contribution in [0.15, 0.2) is 36.4 Å². The molecule has 0 atom stereocenters. The summed E-state index contributed by atoms with van der Waals surface area (Å²) >= 11 is 0. The van der Waals surface area contributed by atoms with Gasteiger partial charge in [-0.1, -0.05) is 24.3 Å². The summed E-state index contributed by atoms with van der Waals surface area (Å²) in [6, 6.07) is -18.2. The fraction of sp³-hybridized carbons (Fsp3) is 0.696. The Hall–Kier alpha value is -6.58. The van der Waals surface area contributed by atoms with Crippen LogP contribution in [-0.2, 0) is 23.7 Å². The van der Waals surface area contributed by atoms with Gasteiger partial charge in [-0.15, -0.1) is 0 Å². The van der Waals surface area contributed by atoms with Crippen LogP contribution in [0.4, 0.5) is 299 Å². The summed E-state index contributed by atoms with van der Waals surface area (Å²) in [5, 5.41) is -20.8. The second kappa shape index (κ2) is 25.5. The van der Waals surface area contributed by atoms with Gasteiger partial charge >= 0.3 is 191 Å². The minimum atomic E-state index is -10.6. The highest BCUT2D eigenvalue weighted by Crippen LogP contribution is 2.73. The highest BCUT2D eigenvalue weighted by Gasteiger charge is 3.01. The number of fused-ring (bicyclic) bond motifs is 2. The number of rotatable bonds is 28. The van der Waals surface area contributed by atoms with Gasteiger partial charge in [-0.3, -0.25) is 0 Å². The lowest BCUT2D eigenvalue weighted by atomic mass is 9.78. The van der Waals surface area contributed by atoms with Crippen LogP contribution in [0.25, 0.3) is 21.5 Å². The zero-order valence-electron chi connectivity index (χ0n) is 49.2. The maximum absolute atomic E-state index is 16.8. The van der Waals surface area contributed by atoms with Crippen molar-refractivity contribution >= 4 is 21.5 Å². The maximum atomic E-state index is 16.8. The molecule has 3 aromatic carbocycles. The van der Waals surface area contributed by atoms with Crippen molar-refractivity contribution in [2.45, 2.75) is 191 Å². The summed E-state index contributed by atoms with van der Waals surface area (Å²) in [5.74, 6) is -280. The normalized spacial score (nSPS) is 16.9. The molecule has 0 bridgehead atoms. The van der Waals surface area contributed by atoms with Gasteiger partial charge in [-0.2, -0.15) is 299 Å². The van der Waals surface area contributed by atoms with Crippen molar-refractivity contribution in [2.75, 3.05) is 0 Å². The lowest BCUT2D eigenvalue weighted by Gasteiger charge is -2.44. The molecule has 114 heavy (non-hydrogen) atoms. The molecular formula is C46H6F68. The standard InChI is InChI=1S/C46H6F68/c47-15(48,19(55,56)23(63,64)27(71,72)31(79,80)35(87,88)39(95,96)43(103,104)105)7-1-3-9-11(5-7)14(18(53,54)22(61,62)26(69,70)30(77,78)34(85,86)38(93,94)42(101,102)46(112,113)114)10-4-2-8(16(49,50)20(57,58)24(65,66)28(73,74)32(81,82)36(89,90)40(97,98)44(106,107)108)6-12(10)13(9)17(51,52)21(59,60)25(67,68)29(75,76)33(83,84)37(91,92)41(99,100)45(109,110)111/h1-6H. The first kappa shape index (κ1) is 102. The Balaban J connectivity index is 3.24. The van der Waals surface area contributed by atoms with Crippen molar-refractivity contribution in [3.05, 3.63) is 58.7 Å². The number of benzene rings is 3. The monoisotopic (exact) mass is 1850 g/mol. The largest absolute Gasteiger partial charge is 0.460 e. The number of hydrogen-bond acceptors (Lipinski definition) is 0. The van der Waals surface area contributed by atoms with Crippen molar-refractivity contribution < 1.29 is 299 Å². The fourth-order valence-corrected chi connectivity index (χ4v) is 8.63. The van der Waals surface area contributed by atoms with E-state index < -0.39 is 271 Å². The van der Waals surface area contributed by atoms with Gasteiger partial charge in [0.1, 0.15) is 0 Å². The van der Waals surface area contributed by atoms with E-state index in [1.54, 1.807) is 0 Å². The zero-order chi connectivity index (χ0) is 92.9. The van der Waals surface area contributed by atoms with Gasteiger partial charge in [-0.05, 0) is 33.7 Å². The van der Waals surface area contributed by atoms with Crippen molar-refractivity contribution in [3.63, 3.8) is 0 Å². The van der Waals surface area contributed by atoms with Gasteiger partial charge in [0.15, 0.2) is 0 Å². The number of alkyl halides is 68. The molecule has 3 aromatic rings. The molecule has 666 valence electrons. The summed E-state index contributed by atoms with van der Waals surface area (Å²) < 4.78 is 986. The summed E-state index contributed by atoms with van der Waals surface area (Å²) in [6.45, 7) is 0. The summed E-state index contributed by atoms with van der Waals surface area (Å²) in [7, 11) is 0. The van der Waals surface area contributed by atoms with Crippen LogP contribution in [0.2, 0.25) is 0 Å². The second-order valence-electron chi connectivity index (χ2n) is 22.3. The molecule has 0 aromatic heterocycles. The molecule has 0 aliphatic rings. The molecule has 0 nitrogen and oxygen atoms in total. The van der Waals surface area contributed by atoms with E-state index >= 15 is 123 Å². The van der Waals surface area contributed by atoms with Crippen LogP contribution in [0.1, 0.15) is 22.3 Å². The second-order valence-corrected chi connectivity index (χ2v) is 22.3. The van der Waals surface area contributed by atoms with Gasteiger partial charge < -0.3 is 0 Å². The molecule has 0 amide bonds. The average Bonchev–Trinajstić information content (AvgIpc) is 0.676. The summed E-state index contributed by atoms with van der Waals surface area (Å²) in [6.07, 6.45) is -35.3. The molecular weight excluding hydrogens is 1840 g/mol. The quantitative estimate of drug-likeness (QED) is 0.0502. The average molecular weight is 1850 g/mol. The van der Waals surface area contributed by atoms with Crippen molar-refractivity contribution in [1.29, 1.82) is 0 Å². The Labute approximate surface area is 570 Å². The van der Waals surface area contributed by atoms with E-state index in [1.165, 1.54) is 0 Å². The van der Waals surface area contributed by atoms with Crippen LogP contribution < -0.4 is 0 Å². The van der Waals surface area contributed by atoms with E-state index in [1.807, 2.05) is 0 Å². The Morgan fingerprint density at radius 3 is 0.360 bits per heavy atom. The van der Waals surface area contributed by atoms with Crippen LogP contribution in [-0.4, -0.2) is 167 Å². The topological polar surface area (TPSA) is 0 Å². The fourth-order valence-electron chi connectivity index (χ4n) is 8.63. The third kappa shape index (κ3) is 11.9. The number of halogens is 68. The van der Waals surface area contributed by atoms with E-state index in [9.17, 15) is 176 Å². The molecule has 0 aliphatic carbocycles. The van der Waals surface area contributed by atoms with Gasteiger partial charge in [0, 0.05) is 22.3 Å². The third-order valence-corrected chi connectivity index (χ3v) is 15.4. The molecule has 0 aliphatic heterocycles. The van der Waals surface area contributed by atoms with Gasteiger partial charge in [-0.25, -0.2) is 0 Å². The molecule has 0 heterocycles. The molecule has 0 N–H and O–H groups in total. The third-order valence-electron chi connectivity index (χ3n) is 15.4. The molecule has 0 fully saturated rings. The van der Waals surface area contributed by atoms with Gasteiger partial charge in [0.25, 0.3) is 0 Å². The molecule has 0 unspecified atom stereocenters. The molecule has 0 radical (unpaired) electrons. The van der Waals surface area contributed by atoms with Crippen molar-refractivity contribution in [1.82, 2.24) is 0 Å². The van der Waals surface area contributed by atoms with Crippen molar-refractivity contribution in [3.8, 4) is 0 Å². The highest BCUT2D eigenvalue weighted by molar-refractivity contribution is 6.08.